The first-order valence-corrected chi connectivity index (χ1v) is 8.70. The minimum atomic E-state index is -0.363. The Hall–Kier alpha value is -2.67. The van der Waals surface area contributed by atoms with Gasteiger partial charge in [0.05, 0.1) is 23.2 Å². The number of anilines is 2. The third kappa shape index (κ3) is 3.15. The van der Waals surface area contributed by atoms with Gasteiger partial charge in [-0.15, -0.1) is 0 Å². The van der Waals surface area contributed by atoms with Crippen LogP contribution in [0.15, 0.2) is 42.5 Å². The number of carbonyl (C=O) groups excluding carboxylic acids is 1. The van der Waals surface area contributed by atoms with Crippen molar-refractivity contribution in [1.29, 1.82) is 0 Å². The molecule has 1 aromatic heterocycles. The molecule has 2 aromatic carbocycles. The van der Waals surface area contributed by atoms with Crippen LogP contribution in [-0.2, 0) is 4.79 Å². The molecule has 2 heterocycles. The maximum absolute atomic E-state index is 13.2. The summed E-state index contributed by atoms with van der Waals surface area (Å²) in [6.07, 6.45) is 0. The molecule has 5 nitrogen and oxygen atoms in total. The Bertz CT molecular complexity index is 937. The van der Waals surface area contributed by atoms with Crippen LogP contribution in [0.3, 0.4) is 0 Å². The second-order valence-corrected chi connectivity index (χ2v) is 6.94. The monoisotopic (exact) mass is 357 g/mol. The average Bonchev–Trinajstić information content (AvgIpc) is 2.95. The molecule has 7 heteroatoms. The van der Waals surface area contributed by atoms with Gasteiger partial charge in [0.1, 0.15) is 11.6 Å². The summed E-state index contributed by atoms with van der Waals surface area (Å²) in [5.74, 6) is 0.202. The summed E-state index contributed by atoms with van der Waals surface area (Å²) < 4.78 is 19.5. The van der Waals surface area contributed by atoms with Crippen LogP contribution in [0, 0.1) is 11.7 Å². The Morgan fingerprint density at radius 1 is 1.32 bits per heavy atom. The molecule has 0 bridgehead atoms. The molecule has 0 aliphatic carbocycles. The molecule has 1 aliphatic rings. The van der Waals surface area contributed by atoms with Gasteiger partial charge in [0, 0.05) is 24.8 Å². The highest BCUT2D eigenvalue weighted by molar-refractivity contribution is 7.22. The second-order valence-electron chi connectivity index (χ2n) is 5.93. The highest BCUT2D eigenvalue weighted by Gasteiger charge is 2.34. The molecule has 1 saturated heterocycles. The minimum absolute atomic E-state index is 0.0929. The number of aromatic nitrogens is 1. The summed E-state index contributed by atoms with van der Waals surface area (Å²) in [4.78, 5) is 18.9. The van der Waals surface area contributed by atoms with E-state index in [0.717, 1.165) is 21.1 Å². The number of hydrogen-bond acceptors (Lipinski definition) is 5. The number of carbonyl (C=O) groups is 1. The van der Waals surface area contributed by atoms with Gasteiger partial charge in [-0.25, -0.2) is 9.37 Å². The van der Waals surface area contributed by atoms with Crippen LogP contribution in [0.4, 0.5) is 15.2 Å². The molecule has 1 fully saturated rings. The first-order valence-electron chi connectivity index (χ1n) is 7.88. The summed E-state index contributed by atoms with van der Waals surface area (Å²) in [5, 5.41) is 3.66. The number of nitrogens with one attached hydrogen (secondary N) is 1. The first-order chi connectivity index (χ1) is 12.1. The molecule has 128 valence electrons. The van der Waals surface area contributed by atoms with Crippen molar-refractivity contribution in [2.75, 3.05) is 30.4 Å². The number of halogens is 1. The van der Waals surface area contributed by atoms with Crippen molar-refractivity contribution in [3.63, 3.8) is 0 Å². The number of nitrogens with zero attached hydrogens (tertiary/aromatic N) is 2. The van der Waals surface area contributed by atoms with Crippen LogP contribution >= 0.6 is 11.3 Å². The minimum Gasteiger partial charge on any atom is -0.497 e. The van der Waals surface area contributed by atoms with E-state index < -0.39 is 0 Å². The van der Waals surface area contributed by atoms with Gasteiger partial charge in [-0.1, -0.05) is 17.4 Å². The molecule has 25 heavy (non-hydrogen) atoms. The Morgan fingerprint density at radius 2 is 2.16 bits per heavy atom. The van der Waals surface area contributed by atoms with Crippen molar-refractivity contribution >= 4 is 38.3 Å². The van der Waals surface area contributed by atoms with Crippen molar-refractivity contribution in [1.82, 2.24) is 4.98 Å². The number of rotatable bonds is 4. The molecule has 0 atom stereocenters. The van der Waals surface area contributed by atoms with Gasteiger partial charge in [-0.05, 0) is 30.3 Å². The topological polar surface area (TPSA) is 54.5 Å². The van der Waals surface area contributed by atoms with Gasteiger partial charge in [0.2, 0.25) is 5.91 Å². The fourth-order valence-corrected chi connectivity index (χ4v) is 3.73. The molecule has 3 aromatic rings. The van der Waals surface area contributed by atoms with Gasteiger partial charge < -0.3 is 15.0 Å². The molecule has 0 unspecified atom stereocenters. The third-order valence-electron chi connectivity index (χ3n) is 4.20. The van der Waals surface area contributed by atoms with Crippen LogP contribution < -0.4 is 15.0 Å². The normalized spacial score (nSPS) is 14.4. The van der Waals surface area contributed by atoms with Gasteiger partial charge in [0.15, 0.2) is 5.13 Å². The summed E-state index contributed by atoms with van der Waals surface area (Å²) in [6.45, 7) is 1.22. The molecule has 1 aliphatic heterocycles. The van der Waals surface area contributed by atoms with Crippen molar-refractivity contribution < 1.29 is 13.9 Å². The molecule has 0 radical (unpaired) electrons. The lowest BCUT2D eigenvalue weighted by atomic mass is 10.00. The summed E-state index contributed by atoms with van der Waals surface area (Å²) in [7, 11) is 1.63. The summed E-state index contributed by atoms with van der Waals surface area (Å²) in [6, 6.07) is 11.7. The van der Waals surface area contributed by atoms with Gasteiger partial charge >= 0.3 is 0 Å². The van der Waals surface area contributed by atoms with E-state index in [1.807, 2.05) is 18.2 Å². The number of amides is 1. The van der Waals surface area contributed by atoms with Crippen molar-refractivity contribution in [3.05, 3.63) is 48.3 Å². The van der Waals surface area contributed by atoms with E-state index in [1.54, 1.807) is 30.6 Å². The van der Waals surface area contributed by atoms with E-state index in [-0.39, 0.29) is 17.6 Å². The molecule has 1 amide bonds. The van der Waals surface area contributed by atoms with Gasteiger partial charge in [-0.3, -0.25) is 4.79 Å². The van der Waals surface area contributed by atoms with Crippen LogP contribution in [0.25, 0.3) is 10.2 Å². The van der Waals surface area contributed by atoms with Gasteiger partial charge in [-0.2, -0.15) is 0 Å². The van der Waals surface area contributed by atoms with Gasteiger partial charge in [0.25, 0.3) is 0 Å². The maximum atomic E-state index is 13.2. The lowest BCUT2D eigenvalue weighted by Gasteiger charge is -2.37. The maximum Gasteiger partial charge on any atom is 0.231 e. The van der Waals surface area contributed by atoms with E-state index in [1.165, 1.54) is 12.1 Å². The fraction of sp³-hybridized carbons (Fsp3) is 0.222. The lowest BCUT2D eigenvalue weighted by molar-refractivity contribution is -0.120. The zero-order chi connectivity index (χ0) is 17.4. The number of methoxy groups -OCH3 is 1. The van der Waals surface area contributed by atoms with E-state index >= 15 is 0 Å². The standard InChI is InChI=1S/C18H16FN3O2S/c1-24-14-5-6-16-15(8-14)21-18(25-16)22-9-11(10-22)17(23)20-13-4-2-3-12(19)7-13/h2-8,11H,9-10H2,1H3,(H,20,23). The zero-order valence-corrected chi connectivity index (χ0v) is 14.3. The average molecular weight is 357 g/mol. The number of ether oxygens (including phenoxy) is 1. The van der Waals surface area contributed by atoms with E-state index in [0.29, 0.717) is 18.8 Å². The molecule has 0 spiro atoms. The Morgan fingerprint density at radius 3 is 2.92 bits per heavy atom. The number of hydrogen-bond donors (Lipinski definition) is 1. The Labute approximate surface area is 148 Å². The predicted molar refractivity (Wildman–Crippen MR) is 96.9 cm³/mol. The number of thiazole rings is 1. The molecular weight excluding hydrogens is 341 g/mol. The van der Waals surface area contributed by atoms with Crippen LogP contribution in [0.5, 0.6) is 5.75 Å². The SMILES string of the molecule is COc1ccc2sc(N3CC(C(=O)Nc4cccc(F)c4)C3)nc2c1. The zero-order valence-electron chi connectivity index (χ0n) is 13.5. The second kappa shape index (κ2) is 6.33. The smallest absolute Gasteiger partial charge is 0.231 e. The lowest BCUT2D eigenvalue weighted by Crippen LogP contribution is -2.52. The fourth-order valence-electron chi connectivity index (χ4n) is 2.77. The van der Waals surface area contributed by atoms with E-state index in [4.69, 9.17) is 4.74 Å². The molecule has 0 saturated carbocycles. The van der Waals surface area contributed by atoms with E-state index in [2.05, 4.69) is 15.2 Å². The summed E-state index contributed by atoms with van der Waals surface area (Å²) in [5.41, 5.74) is 1.38. The van der Waals surface area contributed by atoms with Crippen molar-refractivity contribution in [2.24, 2.45) is 5.92 Å². The number of benzene rings is 2. The first kappa shape index (κ1) is 15.8. The largest absolute Gasteiger partial charge is 0.497 e. The predicted octanol–water partition coefficient (Wildman–Crippen LogP) is 3.52. The quantitative estimate of drug-likeness (QED) is 0.776. The summed E-state index contributed by atoms with van der Waals surface area (Å²) >= 11 is 1.60. The molecule has 1 N–H and O–H groups in total. The van der Waals surface area contributed by atoms with Crippen molar-refractivity contribution in [2.45, 2.75) is 0 Å². The Balaban J connectivity index is 1.40. The van der Waals surface area contributed by atoms with Crippen LogP contribution in [-0.4, -0.2) is 31.1 Å². The Kier molecular flexibility index (Phi) is 4.01. The number of fused-ring (bicyclic) bond motifs is 1. The third-order valence-corrected chi connectivity index (χ3v) is 5.30. The highest BCUT2D eigenvalue weighted by atomic mass is 32.1. The highest BCUT2D eigenvalue weighted by Crippen LogP contribution is 2.34. The van der Waals surface area contributed by atoms with E-state index in [9.17, 15) is 9.18 Å². The van der Waals surface area contributed by atoms with Crippen LogP contribution in [0.1, 0.15) is 0 Å². The molecular formula is C18H16FN3O2S. The molecule has 4 rings (SSSR count). The van der Waals surface area contributed by atoms with Crippen molar-refractivity contribution in [3.8, 4) is 5.75 Å². The van der Waals surface area contributed by atoms with Crippen LogP contribution in [0.2, 0.25) is 0 Å².